The number of ether oxygens (including phenoxy) is 2. The highest BCUT2D eigenvalue weighted by Crippen LogP contribution is 2.29. The van der Waals surface area contributed by atoms with Gasteiger partial charge >= 0.3 is 12.3 Å². The monoisotopic (exact) mass is 389 g/mol. The number of nitrogens with zero attached hydrogens (tertiary/aromatic N) is 1. The Bertz CT molecular complexity index is 641. The van der Waals surface area contributed by atoms with Crippen molar-refractivity contribution in [2.45, 2.75) is 58.4 Å². The number of guanidine groups is 1. The SMILES string of the molecule is CC(C)(C)OC(=O)CCCCCN=C(N)Nc1ccccc1OC(F)(F)F. The Morgan fingerprint density at radius 3 is 2.44 bits per heavy atom. The van der Waals surface area contributed by atoms with E-state index in [1.165, 1.54) is 18.2 Å². The fourth-order valence-electron chi connectivity index (χ4n) is 2.11. The number of unbranched alkanes of at least 4 members (excludes halogenated alkanes) is 2. The van der Waals surface area contributed by atoms with Crippen LogP contribution in [0.4, 0.5) is 18.9 Å². The molecule has 0 aliphatic rings. The lowest BCUT2D eigenvalue weighted by Gasteiger charge is -2.19. The van der Waals surface area contributed by atoms with Gasteiger partial charge in [0.15, 0.2) is 11.7 Å². The summed E-state index contributed by atoms with van der Waals surface area (Å²) in [6.45, 7) is 5.82. The van der Waals surface area contributed by atoms with Gasteiger partial charge < -0.3 is 20.5 Å². The Kier molecular flexibility index (Phi) is 8.39. The summed E-state index contributed by atoms with van der Waals surface area (Å²) < 4.78 is 46.3. The fraction of sp³-hybridized carbons (Fsp3) is 0.556. The molecular weight excluding hydrogens is 363 g/mol. The van der Waals surface area contributed by atoms with Crippen molar-refractivity contribution in [3.05, 3.63) is 24.3 Å². The number of alkyl halides is 3. The molecule has 0 spiro atoms. The smallest absolute Gasteiger partial charge is 0.460 e. The maximum Gasteiger partial charge on any atom is 0.573 e. The minimum absolute atomic E-state index is 0.0135. The summed E-state index contributed by atoms with van der Waals surface area (Å²) in [7, 11) is 0. The lowest BCUT2D eigenvalue weighted by atomic mass is 10.1. The number of carbonyl (C=O) groups is 1. The zero-order valence-electron chi connectivity index (χ0n) is 15.7. The highest BCUT2D eigenvalue weighted by Gasteiger charge is 2.32. The Labute approximate surface area is 156 Å². The first-order valence-electron chi connectivity index (χ1n) is 8.60. The van der Waals surface area contributed by atoms with Crippen molar-refractivity contribution in [3.8, 4) is 5.75 Å². The first-order chi connectivity index (χ1) is 12.5. The van der Waals surface area contributed by atoms with Crippen molar-refractivity contribution in [2.75, 3.05) is 11.9 Å². The van der Waals surface area contributed by atoms with E-state index in [0.29, 0.717) is 25.8 Å². The van der Waals surface area contributed by atoms with Crippen molar-refractivity contribution >= 4 is 17.6 Å². The van der Waals surface area contributed by atoms with Gasteiger partial charge in [-0.2, -0.15) is 0 Å². The van der Waals surface area contributed by atoms with Gasteiger partial charge in [-0.1, -0.05) is 18.6 Å². The van der Waals surface area contributed by atoms with E-state index in [0.717, 1.165) is 6.42 Å². The Morgan fingerprint density at radius 2 is 1.81 bits per heavy atom. The molecule has 3 N–H and O–H groups in total. The standard InChI is InChI=1S/C18H26F3N3O3/c1-17(2,3)27-15(25)11-5-4-8-12-23-16(22)24-13-9-6-7-10-14(13)26-18(19,20)21/h6-7,9-10H,4-5,8,11-12H2,1-3H3,(H3,22,23,24). The van der Waals surface area contributed by atoms with Crippen molar-refractivity contribution in [2.24, 2.45) is 10.7 Å². The Balaban J connectivity index is 2.37. The van der Waals surface area contributed by atoms with Gasteiger partial charge in [0.25, 0.3) is 0 Å². The fourth-order valence-corrected chi connectivity index (χ4v) is 2.11. The van der Waals surface area contributed by atoms with Crippen LogP contribution in [0.25, 0.3) is 0 Å². The maximum atomic E-state index is 12.4. The van der Waals surface area contributed by atoms with Gasteiger partial charge in [-0.3, -0.25) is 9.79 Å². The second kappa shape index (κ2) is 10.0. The molecule has 1 rings (SSSR count). The summed E-state index contributed by atoms with van der Waals surface area (Å²) in [6.07, 6.45) is -2.36. The van der Waals surface area contributed by atoms with E-state index in [9.17, 15) is 18.0 Å². The second-order valence-corrected chi connectivity index (χ2v) is 6.83. The number of benzene rings is 1. The topological polar surface area (TPSA) is 85.9 Å². The highest BCUT2D eigenvalue weighted by atomic mass is 19.4. The van der Waals surface area contributed by atoms with E-state index in [1.807, 2.05) is 20.8 Å². The first-order valence-corrected chi connectivity index (χ1v) is 8.60. The molecule has 0 bridgehead atoms. The molecule has 0 aromatic heterocycles. The quantitative estimate of drug-likeness (QED) is 0.301. The van der Waals surface area contributed by atoms with E-state index in [1.54, 1.807) is 6.07 Å². The number of para-hydroxylation sites is 2. The van der Waals surface area contributed by atoms with Crippen molar-refractivity contribution in [1.82, 2.24) is 0 Å². The average molecular weight is 389 g/mol. The van der Waals surface area contributed by atoms with E-state index >= 15 is 0 Å². The zero-order valence-corrected chi connectivity index (χ0v) is 15.7. The normalized spacial score (nSPS) is 12.6. The highest BCUT2D eigenvalue weighted by molar-refractivity contribution is 5.93. The van der Waals surface area contributed by atoms with Gasteiger partial charge in [-0.05, 0) is 45.7 Å². The summed E-state index contributed by atoms with van der Waals surface area (Å²) in [5.74, 6) is -0.644. The number of anilines is 1. The third kappa shape index (κ3) is 11.0. The molecule has 0 amide bonds. The van der Waals surface area contributed by atoms with Gasteiger partial charge in [0, 0.05) is 13.0 Å². The molecule has 0 saturated heterocycles. The number of hydrogen-bond donors (Lipinski definition) is 2. The molecule has 6 nitrogen and oxygen atoms in total. The van der Waals surface area contributed by atoms with Crippen LogP contribution in [0, 0.1) is 0 Å². The third-order valence-electron chi connectivity index (χ3n) is 3.12. The van der Waals surface area contributed by atoms with Gasteiger partial charge in [0.2, 0.25) is 0 Å². The summed E-state index contributed by atoms with van der Waals surface area (Å²) in [5.41, 5.74) is 5.28. The number of nitrogens with one attached hydrogen (secondary N) is 1. The first kappa shape index (κ1) is 22.6. The predicted molar refractivity (Wildman–Crippen MR) is 97.6 cm³/mol. The van der Waals surface area contributed by atoms with Crippen LogP contribution in [0.2, 0.25) is 0 Å². The lowest BCUT2D eigenvalue weighted by molar-refractivity contribution is -0.274. The molecule has 0 atom stereocenters. The number of nitrogens with two attached hydrogens (primary N) is 1. The van der Waals surface area contributed by atoms with E-state index in [-0.39, 0.29) is 23.4 Å². The molecule has 152 valence electrons. The van der Waals surface area contributed by atoms with E-state index < -0.39 is 12.0 Å². The van der Waals surface area contributed by atoms with Crippen LogP contribution in [0.15, 0.2) is 29.3 Å². The molecule has 1 aromatic rings. The lowest BCUT2D eigenvalue weighted by Crippen LogP contribution is -2.24. The molecule has 9 heteroatoms. The molecule has 0 saturated carbocycles. The third-order valence-corrected chi connectivity index (χ3v) is 3.12. The zero-order chi connectivity index (χ0) is 20.5. The molecule has 0 aliphatic carbocycles. The van der Waals surface area contributed by atoms with Crippen LogP contribution in [-0.2, 0) is 9.53 Å². The number of halogens is 3. The van der Waals surface area contributed by atoms with Crippen LogP contribution in [0.5, 0.6) is 5.75 Å². The Morgan fingerprint density at radius 1 is 1.15 bits per heavy atom. The van der Waals surface area contributed by atoms with Crippen LogP contribution >= 0.6 is 0 Å². The van der Waals surface area contributed by atoms with E-state index in [4.69, 9.17) is 10.5 Å². The minimum Gasteiger partial charge on any atom is -0.460 e. The van der Waals surface area contributed by atoms with Gasteiger partial charge in [0.05, 0.1) is 5.69 Å². The van der Waals surface area contributed by atoms with Crippen LogP contribution in [0.1, 0.15) is 46.5 Å². The maximum absolute atomic E-state index is 12.4. The largest absolute Gasteiger partial charge is 0.573 e. The number of carbonyl (C=O) groups excluding carboxylic acids is 1. The molecule has 0 unspecified atom stereocenters. The molecule has 0 radical (unpaired) electrons. The van der Waals surface area contributed by atoms with Gasteiger partial charge in [-0.15, -0.1) is 13.2 Å². The van der Waals surface area contributed by atoms with Crippen LogP contribution in [-0.4, -0.2) is 30.4 Å². The summed E-state index contributed by atoms with van der Waals surface area (Å²) in [5, 5.41) is 2.60. The van der Waals surface area contributed by atoms with Crippen molar-refractivity contribution in [3.63, 3.8) is 0 Å². The number of hydrogen-bond acceptors (Lipinski definition) is 4. The summed E-state index contributed by atoms with van der Waals surface area (Å²) >= 11 is 0. The minimum atomic E-state index is -4.79. The second-order valence-electron chi connectivity index (χ2n) is 6.83. The molecule has 1 aromatic carbocycles. The number of esters is 1. The van der Waals surface area contributed by atoms with Crippen molar-refractivity contribution in [1.29, 1.82) is 0 Å². The molecule has 27 heavy (non-hydrogen) atoms. The molecule has 0 aliphatic heterocycles. The van der Waals surface area contributed by atoms with Gasteiger partial charge in [0.1, 0.15) is 5.60 Å². The summed E-state index contributed by atoms with van der Waals surface area (Å²) in [4.78, 5) is 15.6. The number of rotatable bonds is 8. The van der Waals surface area contributed by atoms with Crippen LogP contribution in [0.3, 0.4) is 0 Å². The summed E-state index contributed by atoms with van der Waals surface area (Å²) in [6, 6.07) is 5.56. The average Bonchev–Trinajstić information content (AvgIpc) is 2.49. The van der Waals surface area contributed by atoms with Crippen LogP contribution < -0.4 is 15.8 Å². The van der Waals surface area contributed by atoms with Crippen molar-refractivity contribution < 1.29 is 27.4 Å². The number of aliphatic imine (C=N–C) groups is 1. The Hall–Kier alpha value is -2.45. The predicted octanol–water partition coefficient (Wildman–Crippen LogP) is 4.21. The molecular formula is C18H26F3N3O3. The molecule has 0 heterocycles. The van der Waals surface area contributed by atoms with Gasteiger partial charge in [-0.25, -0.2) is 0 Å². The van der Waals surface area contributed by atoms with E-state index in [2.05, 4.69) is 15.0 Å². The molecule has 0 fully saturated rings.